The Morgan fingerprint density at radius 3 is 2.55 bits per heavy atom. The van der Waals surface area contributed by atoms with E-state index in [0.29, 0.717) is 26.2 Å². The first-order chi connectivity index (χ1) is 10.8. The van der Waals surface area contributed by atoms with E-state index >= 15 is 0 Å². The second-order valence-electron chi connectivity index (χ2n) is 5.24. The Kier molecular flexibility index (Phi) is 4.59. The van der Waals surface area contributed by atoms with Gasteiger partial charge in [-0.1, -0.05) is 36.4 Å². The van der Waals surface area contributed by atoms with Crippen molar-refractivity contribution in [2.75, 3.05) is 13.2 Å². The maximum atomic E-state index is 11.9. The van der Waals surface area contributed by atoms with Gasteiger partial charge in [0.05, 0.1) is 0 Å². The fourth-order valence-corrected chi connectivity index (χ4v) is 2.39. The van der Waals surface area contributed by atoms with Gasteiger partial charge in [-0.3, -0.25) is 4.79 Å². The average Bonchev–Trinajstić information content (AvgIpc) is 2.59. The number of nitrogens with one attached hydrogen (secondary N) is 1. The third kappa shape index (κ3) is 3.79. The van der Waals surface area contributed by atoms with Crippen molar-refractivity contribution in [1.82, 2.24) is 5.32 Å². The molecule has 1 aliphatic rings. The van der Waals surface area contributed by atoms with Crippen molar-refractivity contribution >= 4 is 5.91 Å². The predicted molar refractivity (Wildman–Crippen MR) is 84.0 cm³/mol. The number of rotatable bonds is 5. The Balaban J connectivity index is 1.48. The molecule has 3 rings (SSSR count). The zero-order valence-corrected chi connectivity index (χ0v) is 12.4. The number of aryl methyl sites for hydroxylation is 1. The summed E-state index contributed by atoms with van der Waals surface area (Å²) in [6.07, 6.45) is 1.25. The standard InChI is InChI=1S/C18H19NO3/c20-18(9-7-14-4-2-1-3-5-14)19-13-15-6-8-16-17(12-15)22-11-10-21-16/h1-6,8,12H,7,9-11,13H2,(H,19,20). The molecular weight excluding hydrogens is 278 g/mol. The van der Waals surface area contributed by atoms with Crippen LogP contribution in [0.3, 0.4) is 0 Å². The van der Waals surface area contributed by atoms with Gasteiger partial charge in [-0.15, -0.1) is 0 Å². The summed E-state index contributed by atoms with van der Waals surface area (Å²) in [5.74, 6) is 1.58. The van der Waals surface area contributed by atoms with Gasteiger partial charge < -0.3 is 14.8 Å². The molecule has 0 atom stereocenters. The van der Waals surface area contributed by atoms with E-state index in [2.05, 4.69) is 5.32 Å². The zero-order chi connectivity index (χ0) is 15.2. The van der Waals surface area contributed by atoms with Gasteiger partial charge in [0.1, 0.15) is 13.2 Å². The fourth-order valence-electron chi connectivity index (χ4n) is 2.39. The van der Waals surface area contributed by atoms with Crippen LogP contribution in [-0.4, -0.2) is 19.1 Å². The highest BCUT2D eigenvalue weighted by molar-refractivity contribution is 5.76. The number of benzene rings is 2. The second kappa shape index (κ2) is 6.98. The summed E-state index contributed by atoms with van der Waals surface area (Å²) in [7, 11) is 0. The van der Waals surface area contributed by atoms with E-state index in [4.69, 9.17) is 9.47 Å². The van der Waals surface area contributed by atoms with Crippen LogP contribution in [0.15, 0.2) is 48.5 Å². The van der Waals surface area contributed by atoms with E-state index in [0.717, 1.165) is 23.5 Å². The van der Waals surface area contributed by atoms with Gasteiger partial charge in [0.25, 0.3) is 0 Å². The van der Waals surface area contributed by atoms with Crippen LogP contribution >= 0.6 is 0 Å². The summed E-state index contributed by atoms with van der Waals surface area (Å²) in [6, 6.07) is 15.8. The summed E-state index contributed by atoms with van der Waals surface area (Å²) in [5.41, 5.74) is 2.19. The quantitative estimate of drug-likeness (QED) is 0.923. The van der Waals surface area contributed by atoms with Gasteiger partial charge in [-0.2, -0.15) is 0 Å². The first-order valence-electron chi connectivity index (χ1n) is 7.50. The predicted octanol–water partition coefficient (Wildman–Crippen LogP) is 2.71. The molecule has 0 aliphatic carbocycles. The number of hydrogen-bond acceptors (Lipinski definition) is 3. The van der Waals surface area contributed by atoms with Crippen molar-refractivity contribution in [3.63, 3.8) is 0 Å². The molecule has 1 amide bonds. The Labute approximate surface area is 130 Å². The molecule has 1 aliphatic heterocycles. The van der Waals surface area contributed by atoms with E-state index in [-0.39, 0.29) is 5.91 Å². The monoisotopic (exact) mass is 297 g/mol. The number of carbonyl (C=O) groups is 1. The van der Waals surface area contributed by atoms with Gasteiger partial charge in [0, 0.05) is 13.0 Å². The normalized spacial score (nSPS) is 12.7. The molecule has 1 N–H and O–H groups in total. The lowest BCUT2D eigenvalue weighted by molar-refractivity contribution is -0.121. The Hall–Kier alpha value is -2.49. The summed E-state index contributed by atoms with van der Waals surface area (Å²) in [5, 5.41) is 2.94. The molecule has 4 nitrogen and oxygen atoms in total. The number of ether oxygens (including phenoxy) is 2. The van der Waals surface area contributed by atoms with Gasteiger partial charge >= 0.3 is 0 Å². The van der Waals surface area contributed by atoms with Crippen molar-refractivity contribution in [1.29, 1.82) is 0 Å². The third-order valence-electron chi connectivity index (χ3n) is 3.58. The molecule has 2 aromatic carbocycles. The molecule has 0 spiro atoms. The summed E-state index contributed by atoms with van der Waals surface area (Å²) >= 11 is 0. The SMILES string of the molecule is O=C(CCc1ccccc1)NCc1ccc2c(c1)OCCO2. The van der Waals surface area contributed by atoms with Gasteiger partial charge in [0.2, 0.25) is 5.91 Å². The van der Waals surface area contributed by atoms with Crippen LogP contribution < -0.4 is 14.8 Å². The Bertz CT molecular complexity index is 640. The topological polar surface area (TPSA) is 47.6 Å². The molecule has 0 fully saturated rings. The zero-order valence-electron chi connectivity index (χ0n) is 12.4. The lowest BCUT2D eigenvalue weighted by Gasteiger charge is -2.19. The Morgan fingerprint density at radius 2 is 1.73 bits per heavy atom. The second-order valence-corrected chi connectivity index (χ2v) is 5.24. The molecule has 2 aromatic rings. The molecule has 0 aromatic heterocycles. The van der Waals surface area contributed by atoms with Crippen LogP contribution in [0.5, 0.6) is 11.5 Å². The van der Waals surface area contributed by atoms with E-state index in [9.17, 15) is 4.79 Å². The molecule has 22 heavy (non-hydrogen) atoms. The minimum absolute atomic E-state index is 0.0544. The number of fused-ring (bicyclic) bond motifs is 1. The average molecular weight is 297 g/mol. The maximum absolute atomic E-state index is 11.9. The molecule has 114 valence electrons. The highest BCUT2D eigenvalue weighted by Crippen LogP contribution is 2.30. The van der Waals surface area contributed by atoms with Crippen LogP contribution in [0, 0.1) is 0 Å². The molecule has 0 saturated heterocycles. The summed E-state index contributed by atoms with van der Waals surface area (Å²) in [6.45, 7) is 1.66. The van der Waals surface area contributed by atoms with E-state index in [1.807, 2.05) is 48.5 Å². The summed E-state index contributed by atoms with van der Waals surface area (Å²) in [4.78, 5) is 11.9. The highest BCUT2D eigenvalue weighted by atomic mass is 16.6. The molecule has 1 heterocycles. The number of hydrogen-bond donors (Lipinski definition) is 1. The van der Waals surface area contributed by atoms with Crippen LogP contribution in [0.1, 0.15) is 17.5 Å². The van der Waals surface area contributed by atoms with Gasteiger partial charge in [-0.05, 0) is 29.7 Å². The highest BCUT2D eigenvalue weighted by Gasteiger charge is 2.12. The van der Waals surface area contributed by atoms with Crippen LogP contribution in [-0.2, 0) is 17.8 Å². The molecule has 0 unspecified atom stereocenters. The molecule has 0 bridgehead atoms. The molecular formula is C18H19NO3. The van der Waals surface area contributed by atoms with Crippen LogP contribution in [0.4, 0.5) is 0 Å². The minimum atomic E-state index is 0.0544. The maximum Gasteiger partial charge on any atom is 0.220 e. The molecule has 4 heteroatoms. The van der Waals surface area contributed by atoms with E-state index in [1.54, 1.807) is 0 Å². The van der Waals surface area contributed by atoms with Crippen LogP contribution in [0.2, 0.25) is 0 Å². The summed E-state index contributed by atoms with van der Waals surface area (Å²) < 4.78 is 11.0. The van der Waals surface area contributed by atoms with Gasteiger partial charge in [-0.25, -0.2) is 0 Å². The Morgan fingerprint density at radius 1 is 0.955 bits per heavy atom. The van der Waals surface area contributed by atoms with E-state index < -0.39 is 0 Å². The third-order valence-corrected chi connectivity index (χ3v) is 3.58. The van der Waals surface area contributed by atoms with Crippen molar-refractivity contribution in [3.05, 3.63) is 59.7 Å². The van der Waals surface area contributed by atoms with E-state index in [1.165, 1.54) is 5.56 Å². The van der Waals surface area contributed by atoms with Gasteiger partial charge in [0.15, 0.2) is 11.5 Å². The molecule has 0 radical (unpaired) electrons. The van der Waals surface area contributed by atoms with Crippen molar-refractivity contribution in [2.24, 2.45) is 0 Å². The van der Waals surface area contributed by atoms with Crippen LogP contribution in [0.25, 0.3) is 0 Å². The first-order valence-corrected chi connectivity index (χ1v) is 7.50. The largest absolute Gasteiger partial charge is 0.486 e. The molecule has 0 saturated carbocycles. The fraction of sp³-hybridized carbons (Fsp3) is 0.278. The van der Waals surface area contributed by atoms with Crippen molar-refractivity contribution < 1.29 is 14.3 Å². The number of amides is 1. The first kappa shape index (κ1) is 14.4. The lowest BCUT2D eigenvalue weighted by Crippen LogP contribution is -2.23. The lowest BCUT2D eigenvalue weighted by atomic mass is 10.1. The smallest absolute Gasteiger partial charge is 0.220 e. The van der Waals surface area contributed by atoms with Crippen molar-refractivity contribution in [3.8, 4) is 11.5 Å². The minimum Gasteiger partial charge on any atom is -0.486 e. The number of carbonyl (C=O) groups excluding carboxylic acids is 1. The van der Waals surface area contributed by atoms with Crippen molar-refractivity contribution in [2.45, 2.75) is 19.4 Å².